The second-order valence-electron chi connectivity index (χ2n) is 2.54. The van der Waals surface area contributed by atoms with Gasteiger partial charge in [-0.1, -0.05) is 30.4 Å². The number of rotatable bonds is 5. The SMILES string of the molecule is C=C[CH]c1ccccc1SCC=C. The van der Waals surface area contributed by atoms with Crippen LogP contribution in [0.3, 0.4) is 0 Å². The highest BCUT2D eigenvalue weighted by atomic mass is 32.2. The quantitative estimate of drug-likeness (QED) is 0.502. The molecule has 1 rings (SSSR count). The second-order valence-corrected chi connectivity index (χ2v) is 3.60. The van der Waals surface area contributed by atoms with Crippen molar-refractivity contribution in [3.05, 3.63) is 61.6 Å². The predicted octanol–water partition coefficient (Wildman–Crippen LogP) is 3.70. The normalized spacial score (nSPS) is 9.54. The summed E-state index contributed by atoms with van der Waals surface area (Å²) in [6.07, 6.45) is 5.74. The lowest BCUT2D eigenvalue weighted by Crippen LogP contribution is -1.83. The third-order valence-electron chi connectivity index (χ3n) is 1.57. The van der Waals surface area contributed by atoms with Gasteiger partial charge in [-0.25, -0.2) is 0 Å². The molecule has 0 atom stereocenters. The molecule has 1 aromatic rings. The first kappa shape index (κ1) is 10.1. The van der Waals surface area contributed by atoms with Crippen molar-refractivity contribution in [1.29, 1.82) is 0 Å². The summed E-state index contributed by atoms with van der Waals surface area (Å²) in [5.74, 6) is 0.946. The monoisotopic (exact) mass is 189 g/mol. The van der Waals surface area contributed by atoms with Gasteiger partial charge < -0.3 is 0 Å². The van der Waals surface area contributed by atoms with Crippen LogP contribution in [0.25, 0.3) is 0 Å². The van der Waals surface area contributed by atoms with E-state index in [4.69, 9.17) is 0 Å². The lowest BCUT2D eigenvalue weighted by Gasteiger charge is -2.04. The molecule has 0 bridgehead atoms. The van der Waals surface area contributed by atoms with E-state index in [0.29, 0.717) is 0 Å². The summed E-state index contributed by atoms with van der Waals surface area (Å²) in [7, 11) is 0. The second kappa shape index (κ2) is 5.65. The zero-order valence-corrected chi connectivity index (χ0v) is 8.39. The van der Waals surface area contributed by atoms with Crippen molar-refractivity contribution in [3.8, 4) is 0 Å². The van der Waals surface area contributed by atoms with Crippen LogP contribution in [0.2, 0.25) is 0 Å². The Balaban J connectivity index is 2.77. The Bertz CT molecular complexity index is 289. The van der Waals surface area contributed by atoms with Crippen LogP contribution in [0.15, 0.2) is 54.5 Å². The highest BCUT2D eigenvalue weighted by Gasteiger charge is 1.98. The van der Waals surface area contributed by atoms with Crippen molar-refractivity contribution in [2.24, 2.45) is 0 Å². The van der Waals surface area contributed by atoms with E-state index in [9.17, 15) is 0 Å². The molecular weight excluding hydrogens is 176 g/mol. The van der Waals surface area contributed by atoms with Gasteiger partial charge in [0.2, 0.25) is 0 Å². The molecule has 0 nitrogen and oxygen atoms in total. The average Bonchev–Trinajstić information content (AvgIpc) is 2.17. The van der Waals surface area contributed by atoms with Gasteiger partial charge in [0.1, 0.15) is 0 Å². The third kappa shape index (κ3) is 3.11. The molecule has 0 fully saturated rings. The summed E-state index contributed by atoms with van der Waals surface area (Å²) in [6, 6.07) is 8.29. The van der Waals surface area contributed by atoms with Gasteiger partial charge in [0, 0.05) is 17.1 Å². The summed E-state index contributed by atoms with van der Waals surface area (Å²) >= 11 is 1.79. The minimum Gasteiger partial charge on any atom is -0.122 e. The first-order valence-corrected chi connectivity index (χ1v) is 5.15. The van der Waals surface area contributed by atoms with Crippen LogP contribution in [0, 0.1) is 6.42 Å². The zero-order valence-electron chi connectivity index (χ0n) is 7.57. The van der Waals surface area contributed by atoms with Crippen molar-refractivity contribution >= 4 is 11.8 Å². The summed E-state index contributed by atoms with van der Waals surface area (Å²) in [4.78, 5) is 1.28. The fraction of sp³-hybridized carbons (Fsp3) is 0.0833. The number of benzene rings is 1. The topological polar surface area (TPSA) is 0 Å². The highest BCUT2D eigenvalue weighted by Crippen LogP contribution is 2.23. The smallest absolute Gasteiger partial charge is 0.0158 e. The van der Waals surface area contributed by atoms with Gasteiger partial charge >= 0.3 is 0 Å². The zero-order chi connectivity index (χ0) is 9.52. The first-order chi connectivity index (χ1) is 6.38. The lowest BCUT2D eigenvalue weighted by molar-refractivity contribution is 1.34. The fourth-order valence-corrected chi connectivity index (χ4v) is 1.80. The largest absolute Gasteiger partial charge is 0.122 e. The van der Waals surface area contributed by atoms with E-state index in [1.807, 2.05) is 30.7 Å². The Morgan fingerprint density at radius 3 is 2.69 bits per heavy atom. The first-order valence-electron chi connectivity index (χ1n) is 4.17. The van der Waals surface area contributed by atoms with Crippen LogP contribution in [0.1, 0.15) is 5.56 Å². The van der Waals surface area contributed by atoms with Gasteiger partial charge in [0.05, 0.1) is 0 Å². The Hall–Kier alpha value is -0.950. The van der Waals surface area contributed by atoms with E-state index < -0.39 is 0 Å². The van der Waals surface area contributed by atoms with Crippen LogP contribution in [0.4, 0.5) is 0 Å². The van der Waals surface area contributed by atoms with Crippen molar-refractivity contribution in [2.75, 3.05) is 5.75 Å². The molecule has 67 valence electrons. The molecule has 0 aliphatic carbocycles. The molecule has 0 aromatic heterocycles. The maximum Gasteiger partial charge on any atom is 0.0158 e. The minimum absolute atomic E-state index is 0.946. The van der Waals surface area contributed by atoms with Crippen molar-refractivity contribution < 1.29 is 0 Å². The Morgan fingerprint density at radius 2 is 2.00 bits per heavy atom. The molecule has 0 aliphatic heterocycles. The summed E-state index contributed by atoms with van der Waals surface area (Å²) in [5, 5.41) is 0. The van der Waals surface area contributed by atoms with Crippen LogP contribution >= 0.6 is 11.8 Å². The molecule has 1 radical (unpaired) electrons. The molecule has 0 N–H and O–H groups in total. The van der Waals surface area contributed by atoms with Crippen molar-refractivity contribution in [2.45, 2.75) is 4.90 Å². The van der Waals surface area contributed by atoms with E-state index in [1.54, 1.807) is 11.8 Å². The third-order valence-corrected chi connectivity index (χ3v) is 2.66. The molecule has 1 heteroatoms. The minimum atomic E-state index is 0.946. The van der Waals surface area contributed by atoms with E-state index in [1.165, 1.54) is 10.5 Å². The van der Waals surface area contributed by atoms with Crippen LogP contribution in [0.5, 0.6) is 0 Å². The van der Waals surface area contributed by atoms with E-state index in [-0.39, 0.29) is 0 Å². The number of hydrogen-bond donors (Lipinski definition) is 0. The van der Waals surface area contributed by atoms with Crippen molar-refractivity contribution in [3.63, 3.8) is 0 Å². The summed E-state index contributed by atoms with van der Waals surface area (Å²) in [5.41, 5.74) is 1.23. The van der Waals surface area contributed by atoms with Crippen LogP contribution < -0.4 is 0 Å². The van der Waals surface area contributed by atoms with Gasteiger partial charge in [-0.15, -0.1) is 24.9 Å². The fourth-order valence-electron chi connectivity index (χ4n) is 1.03. The molecule has 0 unspecified atom stereocenters. The molecule has 0 saturated carbocycles. The Labute approximate surface area is 84.4 Å². The van der Waals surface area contributed by atoms with E-state index in [0.717, 1.165) is 5.75 Å². The predicted molar refractivity (Wildman–Crippen MR) is 61.0 cm³/mol. The van der Waals surface area contributed by atoms with Gasteiger partial charge in [-0.05, 0) is 11.6 Å². The van der Waals surface area contributed by atoms with E-state index >= 15 is 0 Å². The maximum atomic E-state index is 3.70. The summed E-state index contributed by atoms with van der Waals surface area (Å²) in [6.45, 7) is 7.39. The maximum absolute atomic E-state index is 3.70. The Morgan fingerprint density at radius 1 is 1.23 bits per heavy atom. The van der Waals surface area contributed by atoms with E-state index in [2.05, 4.69) is 25.3 Å². The van der Waals surface area contributed by atoms with Crippen molar-refractivity contribution in [1.82, 2.24) is 0 Å². The van der Waals surface area contributed by atoms with Gasteiger partial charge in [-0.2, -0.15) is 0 Å². The molecule has 1 aromatic carbocycles. The van der Waals surface area contributed by atoms with Gasteiger partial charge in [0.25, 0.3) is 0 Å². The summed E-state index contributed by atoms with van der Waals surface area (Å²) < 4.78 is 0. The number of thioether (sulfide) groups is 1. The molecule has 13 heavy (non-hydrogen) atoms. The average molecular weight is 189 g/mol. The molecular formula is C12H13S. The highest BCUT2D eigenvalue weighted by molar-refractivity contribution is 7.99. The molecule has 0 spiro atoms. The van der Waals surface area contributed by atoms with Crippen LogP contribution in [-0.2, 0) is 0 Å². The molecule has 0 aliphatic rings. The molecule has 0 heterocycles. The Kier molecular flexibility index (Phi) is 4.41. The molecule has 0 amide bonds. The standard InChI is InChI=1S/C12H13S/c1-3-7-11-8-5-6-9-12(11)13-10-4-2/h3-9H,1-2,10H2. The lowest BCUT2D eigenvalue weighted by atomic mass is 10.1. The van der Waals surface area contributed by atoms with Gasteiger partial charge in [0.15, 0.2) is 0 Å². The van der Waals surface area contributed by atoms with Gasteiger partial charge in [-0.3, -0.25) is 0 Å². The number of allylic oxidation sites excluding steroid dienone is 1. The van der Waals surface area contributed by atoms with Crippen LogP contribution in [-0.4, -0.2) is 5.75 Å². The number of hydrogen-bond acceptors (Lipinski definition) is 1. The molecule has 0 saturated heterocycles.